The molecule has 0 aliphatic rings. The van der Waals surface area contributed by atoms with Crippen LogP contribution in [0.4, 0.5) is 17.3 Å². The van der Waals surface area contributed by atoms with Crippen LogP contribution in [0.2, 0.25) is 0 Å². The standard InChI is InChI=1S/C10H12N6O2S/c1-6(10-12-2-3-19-10)4-13-9-7(16(17)18)8(11)14-5-15-9/h2-3,5-6H,4H2,1H3,(H3,11,13,14,15). The number of anilines is 2. The van der Waals surface area contributed by atoms with E-state index < -0.39 is 4.92 Å². The zero-order valence-electron chi connectivity index (χ0n) is 10.1. The van der Waals surface area contributed by atoms with Crippen LogP contribution < -0.4 is 11.1 Å². The van der Waals surface area contributed by atoms with E-state index in [9.17, 15) is 10.1 Å². The summed E-state index contributed by atoms with van der Waals surface area (Å²) in [5.41, 5.74) is 5.18. The van der Waals surface area contributed by atoms with Crippen molar-refractivity contribution >= 4 is 28.7 Å². The Bertz CT molecular complexity index is 573. The molecule has 2 aromatic heterocycles. The average Bonchev–Trinajstić information content (AvgIpc) is 2.89. The molecular formula is C10H12N6O2S. The summed E-state index contributed by atoms with van der Waals surface area (Å²) in [7, 11) is 0. The number of nitrogens with zero attached hydrogens (tertiary/aromatic N) is 4. The van der Waals surface area contributed by atoms with Crippen LogP contribution in [0.5, 0.6) is 0 Å². The van der Waals surface area contributed by atoms with Crippen LogP contribution in [0.3, 0.4) is 0 Å². The Kier molecular flexibility index (Phi) is 3.85. The molecule has 0 fully saturated rings. The second-order valence-electron chi connectivity index (χ2n) is 3.87. The molecule has 0 aliphatic heterocycles. The molecule has 100 valence electrons. The maximum absolute atomic E-state index is 10.9. The fraction of sp³-hybridized carbons (Fsp3) is 0.300. The van der Waals surface area contributed by atoms with Crippen LogP contribution in [0.1, 0.15) is 17.8 Å². The van der Waals surface area contributed by atoms with Gasteiger partial charge in [-0.1, -0.05) is 6.92 Å². The lowest BCUT2D eigenvalue weighted by Gasteiger charge is -2.10. The molecule has 2 heterocycles. The van der Waals surface area contributed by atoms with Crippen molar-refractivity contribution in [2.45, 2.75) is 12.8 Å². The summed E-state index contributed by atoms with van der Waals surface area (Å²) >= 11 is 1.54. The Balaban J connectivity index is 2.12. The minimum atomic E-state index is -0.592. The van der Waals surface area contributed by atoms with Gasteiger partial charge in [-0.05, 0) is 0 Å². The lowest BCUT2D eigenvalue weighted by atomic mass is 10.2. The highest BCUT2D eigenvalue weighted by molar-refractivity contribution is 7.09. The number of nitro groups is 1. The lowest BCUT2D eigenvalue weighted by Crippen LogP contribution is -2.13. The first-order valence-corrected chi connectivity index (χ1v) is 6.35. The van der Waals surface area contributed by atoms with Gasteiger partial charge >= 0.3 is 5.69 Å². The predicted octanol–water partition coefficient (Wildman–Crippen LogP) is 1.64. The number of nitrogens with two attached hydrogens (primary N) is 1. The van der Waals surface area contributed by atoms with Crippen LogP contribution >= 0.6 is 11.3 Å². The van der Waals surface area contributed by atoms with E-state index in [4.69, 9.17) is 5.73 Å². The van der Waals surface area contributed by atoms with Gasteiger partial charge in [0.2, 0.25) is 11.6 Å². The molecule has 19 heavy (non-hydrogen) atoms. The van der Waals surface area contributed by atoms with Crippen molar-refractivity contribution in [2.75, 3.05) is 17.6 Å². The number of nitrogen functional groups attached to an aromatic ring is 1. The Hall–Kier alpha value is -2.29. The third-order valence-corrected chi connectivity index (χ3v) is 3.49. The summed E-state index contributed by atoms with van der Waals surface area (Å²) in [4.78, 5) is 22.0. The largest absolute Gasteiger partial charge is 0.378 e. The molecule has 0 saturated heterocycles. The summed E-state index contributed by atoms with van der Waals surface area (Å²) in [6.07, 6.45) is 2.92. The molecule has 2 rings (SSSR count). The summed E-state index contributed by atoms with van der Waals surface area (Å²) in [5.74, 6) is 0.0982. The number of nitrogens with one attached hydrogen (secondary N) is 1. The van der Waals surface area contributed by atoms with E-state index in [1.807, 2.05) is 12.3 Å². The van der Waals surface area contributed by atoms with Gasteiger partial charge in [0.1, 0.15) is 6.33 Å². The molecule has 2 aromatic rings. The fourth-order valence-electron chi connectivity index (χ4n) is 1.52. The van der Waals surface area contributed by atoms with Crippen molar-refractivity contribution in [2.24, 2.45) is 0 Å². The quantitative estimate of drug-likeness (QED) is 0.630. The summed E-state index contributed by atoms with van der Waals surface area (Å²) in [6.45, 7) is 2.45. The maximum atomic E-state index is 10.9. The molecule has 0 radical (unpaired) electrons. The Labute approximate surface area is 112 Å². The van der Waals surface area contributed by atoms with E-state index in [0.717, 1.165) is 5.01 Å². The second kappa shape index (κ2) is 5.57. The van der Waals surface area contributed by atoms with Crippen LogP contribution in [0.25, 0.3) is 0 Å². The molecular weight excluding hydrogens is 268 g/mol. The molecule has 1 unspecified atom stereocenters. The zero-order valence-corrected chi connectivity index (χ0v) is 10.9. The third kappa shape index (κ3) is 2.94. The Morgan fingerprint density at radius 3 is 2.95 bits per heavy atom. The summed E-state index contributed by atoms with van der Waals surface area (Å²) < 4.78 is 0. The molecule has 8 nitrogen and oxygen atoms in total. The molecule has 0 saturated carbocycles. The van der Waals surface area contributed by atoms with Gasteiger partial charge in [-0.25, -0.2) is 15.0 Å². The van der Waals surface area contributed by atoms with Crippen molar-refractivity contribution in [1.29, 1.82) is 0 Å². The highest BCUT2D eigenvalue weighted by Gasteiger charge is 2.21. The maximum Gasteiger partial charge on any atom is 0.352 e. The molecule has 0 aliphatic carbocycles. The molecule has 0 aromatic carbocycles. The first kappa shape index (κ1) is 13.1. The van der Waals surface area contributed by atoms with Crippen molar-refractivity contribution in [1.82, 2.24) is 15.0 Å². The van der Waals surface area contributed by atoms with Crippen LogP contribution in [-0.4, -0.2) is 26.4 Å². The third-order valence-electron chi connectivity index (χ3n) is 2.48. The minimum Gasteiger partial charge on any atom is -0.378 e. The van der Waals surface area contributed by atoms with Gasteiger partial charge < -0.3 is 11.1 Å². The second-order valence-corrected chi connectivity index (χ2v) is 4.79. The van der Waals surface area contributed by atoms with E-state index in [1.165, 1.54) is 17.7 Å². The number of aromatic nitrogens is 3. The highest BCUT2D eigenvalue weighted by Crippen LogP contribution is 2.27. The van der Waals surface area contributed by atoms with E-state index in [2.05, 4.69) is 20.3 Å². The van der Waals surface area contributed by atoms with Gasteiger partial charge in [0.15, 0.2) is 0 Å². The number of rotatable bonds is 5. The zero-order chi connectivity index (χ0) is 13.8. The molecule has 3 N–H and O–H groups in total. The van der Waals surface area contributed by atoms with E-state index in [0.29, 0.717) is 6.54 Å². The average molecular weight is 280 g/mol. The van der Waals surface area contributed by atoms with Gasteiger partial charge in [0.05, 0.1) is 9.93 Å². The molecule has 1 atom stereocenters. The SMILES string of the molecule is CC(CNc1ncnc(N)c1[N+](=O)[O-])c1nccs1. The van der Waals surface area contributed by atoms with E-state index in [1.54, 1.807) is 6.20 Å². The van der Waals surface area contributed by atoms with Crippen LogP contribution in [0, 0.1) is 10.1 Å². The number of hydrogen-bond acceptors (Lipinski definition) is 8. The lowest BCUT2D eigenvalue weighted by molar-refractivity contribution is -0.383. The van der Waals surface area contributed by atoms with Crippen LogP contribution in [-0.2, 0) is 0 Å². The first-order valence-electron chi connectivity index (χ1n) is 5.47. The van der Waals surface area contributed by atoms with E-state index >= 15 is 0 Å². The molecule has 0 spiro atoms. The van der Waals surface area contributed by atoms with Gasteiger partial charge in [-0.2, -0.15) is 0 Å². The fourth-order valence-corrected chi connectivity index (χ4v) is 2.22. The van der Waals surface area contributed by atoms with Crippen LogP contribution in [0.15, 0.2) is 17.9 Å². The van der Waals surface area contributed by atoms with Gasteiger partial charge in [0, 0.05) is 24.0 Å². The minimum absolute atomic E-state index is 0.121. The van der Waals surface area contributed by atoms with Crippen molar-refractivity contribution in [3.8, 4) is 0 Å². The van der Waals surface area contributed by atoms with Gasteiger partial charge in [-0.15, -0.1) is 11.3 Å². The number of hydrogen-bond donors (Lipinski definition) is 2. The predicted molar refractivity (Wildman–Crippen MR) is 72.1 cm³/mol. The normalized spacial score (nSPS) is 12.1. The van der Waals surface area contributed by atoms with Gasteiger partial charge in [0.25, 0.3) is 0 Å². The van der Waals surface area contributed by atoms with Crippen molar-refractivity contribution < 1.29 is 4.92 Å². The molecule has 0 amide bonds. The topological polar surface area (TPSA) is 120 Å². The monoisotopic (exact) mass is 280 g/mol. The van der Waals surface area contributed by atoms with E-state index in [-0.39, 0.29) is 23.2 Å². The smallest absolute Gasteiger partial charge is 0.352 e. The molecule has 0 bridgehead atoms. The first-order chi connectivity index (χ1) is 9.09. The van der Waals surface area contributed by atoms with Crippen molar-refractivity contribution in [3.63, 3.8) is 0 Å². The summed E-state index contributed by atoms with van der Waals surface area (Å²) in [5, 5.41) is 16.7. The van der Waals surface area contributed by atoms with Crippen molar-refractivity contribution in [3.05, 3.63) is 33.0 Å². The highest BCUT2D eigenvalue weighted by atomic mass is 32.1. The molecule has 9 heteroatoms. The Morgan fingerprint density at radius 2 is 2.32 bits per heavy atom. The number of thiazole rings is 1. The Morgan fingerprint density at radius 1 is 1.53 bits per heavy atom. The van der Waals surface area contributed by atoms with Gasteiger partial charge in [-0.3, -0.25) is 10.1 Å². The summed E-state index contributed by atoms with van der Waals surface area (Å²) in [6, 6.07) is 0.